The van der Waals surface area contributed by atoms with Crippen LogP contribution in [0.15, 0.2) is 41.3 Å². The summed E-state index contributed by atoms with van der Waals surface area (Å²) in [5.74, 6) is -2.12. The Hall–Kier alpha value is -3.03. The van der Waals surface area contributed by atoms with Crippen LogP contribution in [0.3, 0.4) is 0 Å². The van der Waals surface area contributed by atoms with Crippen molar-refractivity contribution in [3.63, 3.8) is 0 Å². The fraction of sp³-hybridized carbons (Fsp3) is 0.278. The zero-order valence-electron chi connectivity index (χ0n) is 14.0. The van der Waals surface area contributed by atoms with Crippen LogP contribution in [0.25, 0.3) is 11.2 Å². The van der Waals surface area contributed by atoms with Gasteiger partial charge in [-0.1, -0.05) is 0 Å². The summed E-state index contributed by atoms with van der Waals surface area (Å²) in [4.78, 5) is 30.9. The van der Waals surface area contributed by atoms with E-state index in [2.05, 4.69) is 4.98 Å². The van der Waals surface area contributed by atoms with Crippen LogP contribution in [0, 0.1) is 11.6 Å². The molecule has 134 valence electrons. The Morgan fingerprint density at radius 2 is 2.08 bits per heavy atom. The monoisotopic (exact) mass is 358 g/mol. The first-order valence-electron chi connectivity index (χ1n) is 8.23. The summed E-state index contributed by atoms with van der Waals surface area (Å²) in [6.07, 6.45) is 2.17. The molecule has 1 aliphatic rings. The Kier molecular flexibility index (Phi) is 3.82. The minimum atomic E-state index is -0.887. The highest BCUT2D eigenvalue weighted by Crippen LogP contribution is 2.25. The predicted molar refractivity (Wildman–Crippen MR) is 90.9 cm³/mol. The van der Waals surface area contributed by atoms with Gasteiger partial charge >= 0.3 is 5.69 Å². The summed E-state index contributed by atoms with van der Waals surface area (Å²) in [5.41, 5.74) is 0.903. The van der Waals surface area contributed by atoms with Gasteiger partial charge in [-0.2, -0.15) is 0 Å². The van der Waals surface area contributed by atoms with Gasteiger partial charge in [0.05, 0.1) is 17.1 Å². The van der Waals surface area contributed by atoms with E-state index in [9.17, 15) is 18.4 Å². The molecule has 1 amide bonds. The lowest BCUT2D eigenvalue weighted by Crippen LogP contribution is -2.32. The summed E-state index contributed by atoms with van der Waals surface area (Å²) in [7, 11) is 1.68. The lowest BCUT2D eigenvalue weighted by atomic mass is 10.2. The maximum absolute atomic E-state index is 13.9. The van der Waals surface area contributed by atoms with Crippen LogP contribution >= 0.6 is 0 Å². The molecule has 0 spiro atoms. The largest absolute Gasteiger partial charge is 0.336 e. The van der Waals surface area contributed by atoms with Gasteiger partial charge in [0, 0.05) is 32.4 Å². The molecule has 1 fully saturated rings. The molecule has 1 saturated heterocycles. The summed E-state index contributed by atoms with van der Waals surface area (Å²) >= 11 is 0. The van der Waals surface area contributed by atoms with E-state index in [1.54, 1.807) is 23.9 Å². The standard InChI is InChI=1S/C18H16F2N4O2/c1-22-15-3-2-7-21-16(15)24(18(22)26)12-6-8-23(10-12)17(25)13-5-4-11(19)9-14(13)20/h2-5,7,9,12H,6,8,10H2,1H3/t12-/m1/s1. The molecule has 0 unspecified atom stereocenters. The molecule has 6 nitrogen and oxygen atoms in total. The van der Waals surface area contributed by atoms with Crippen molar-refractivity contribution in [1.29, 1.82) is 0 Å². The number of pyridine rings is 1. The lowest BCUT2D eigenvalue weighted by Gasteiger charge is -2.17. The van der Waals surface area contributed by atoms with Crippen molar-refractivity contribution >= 4 is 17.1 Å². The smallest absolute Gasteiger partial charge is 0.330 e. The number of carbonyl (C=O) groups excluding carboxylic acids is 1. The van der Waals surface area contributed by atoms with Gasteiger partial charge in [0.1, 0.15) is 11.6 Å². The van der Waals surface area contributed by atoms with Crippen molar-refractivity contribution in [2.24, 2.45) is 7.05 Å². The third-order valence-corrected chi connectivity index (χ3v) is 4.83. The maximum Gasteiger partial charge on any atom is 0.330 e. The summed E-state index contributed by atoms with van der Waals surface area (Å²) in [6.45, 7) is 0.654. The predicted octanol–water partition coefficient (Wildman–Crippen LogP) is 2.10. The van der Waals surface area contributed by atoms with Crippen LogP contribution in [-0.4, -0.2) is 38.0 Å². The van der Waals surface area contributed by atoms with E-state index in [1.165, 1.54) is 9.47 Å². The van der Waals surface area contributed by atoms with Gasteiger partial charge in [0.2, 0.25) is 0 Å². The normalized spacial score (nSPS) is 17.2. The Labute approximate surface area is 147 Å². The average molecular weight is 358 g/mol. The number of amides is 1. The molecular formula is C18H16F2N4O2. The fourth-order valence-corrected chi connectivity index (χ4v) is 3.49. The molecule has 26 heavy (non-hydrogen) atoms. The lowest BCUT2D eigenvalue weighted by molar-refractivity contribution is 0.0783. The van der Waals surface area contributed by atoms with Crippen LogP contribution in [0.2, 0.25) is 0 Å². The number of hydrogen-bond donors (Lipinski definition) is 0. The van der Waals surface area contributed by atoms with E-state index in [0.717, 1.165) is 12.1 Å². The zero-order valence-corrected chi connectivity index (χ0v) is 14.0. The molecule has 8 heteroatoms. The second kappa shape index (κ2) is 6.05. The number of hydrogen-bond acceptors (Lipinski definition) is 3. The molecule has 3 aromatic rings. The Balaban J connectivity index is 1.65. The number of benzene rings is 1. The molecule has 0 bridgehead atoms. The molecule has 1 atom stereocenters. The summed E-state index contributed by atoms with van der Waals surface area (Å²) < 4.78 is 30.1. The van der Waals surface area contributed by atoms with Crippen molar-refractivity contribution in [2.75, 3.05) is 13.1 Å². The van der Waals surface area contributed by atoms with Crippen LogP contribution in [0.5, 0.6) is 0 Å². The van der Waals surface area contributed by atoms with Gasteiger partial charge in [-0.05, 0) is 30.7 Å². The molecule has 0 saturated carbocycles. The molecule has 0 radical (unpaired) electrons. The first-order chi connectivity index (χ1) is 12.5. The summed E-state index contributed by atoms with van der Waals surface area (Å²) in [5, 5.41) is 0. The highest BCUT2D eigenvalue weighted by Gasteiger charge is 2.31. The fourth-order valence-electron chi connectivity index (χ4n) is 3.49. The molecule has 4 rings (SSSR count). The van der Waals surface area contributed by atoms with Gasteiger partial charge in [0.25, 0.3) is 5.91 Å². The Morgan fingerprint density at radius 1 is 1.27 bits per heavy atom. The van der Waals surface area contributed by atoms with Crippen molar-refractivity contribution < 1.29 is 13.6 Å². The minimum Gasteiger partial charge on any atom is -0.336 e. The van der Waals surface area contributed by atoms with Crippen molar-refractivity contribution in [1.82, 2.24) is 19.0 Å². The number of likely N-dealkylation sites (tertiary alicyclic amines) is 1. The number of nitrogens with zero attached hydrogens (tertiary/aromatic N) is 4. The Morgan fingerprint density at radius 3 is 2.85 bits per heavy atom. The second-order valence-electron chi connectivity index (χ2n) is 6.38. The highest BCUT2D eigenvalue weighted by molar-refractivity contribution is 5.94. The number of fused-ring (bicyclic) bond motifs is 1. The van der Waals surface area contributed by atoms with Crippen molar-refractivity contribution in [2.45, 2.75) is 12.5 Å². The van der Waals surface area contributed by atoms with Gasteiger partial charge < -0.3 is 4.90 Å². The zero-order chi connectivity index (χ0) is 18.4. The first kappa shape index (κ1) is 16.4. The molecule has 2 aromatic heterocycles. The minimum absolute atomic E-state index is 0.171. The third kappa shape index (κ3) is 2.49. The van der Waals surface area contributed by atoms with Crippen LogP contribution < -0.4 is 5.69 Å². The van der Waals surface area contributed by atoms with E-state index in [0.29, 0.717) is 30.2 Å². The summed E-state index contributed by atoms with van der Waals surface area (Å²) in [6, 6.07) is 6.22. The Bertz CT molecular complexity index is 1070. The molecule has 3 heterocycles. The third-order valence-electron chi connectivity index (χ3n) is 4.83. The quantitative estimate of drug-likeness (QED) is 0.705. The van der Waals surface area contributed by atoms with E-state index in [-0.39, 0.29) is 23.8 Å². The number of rotatable bonds is 2. The maximum atomic E-state index is 13.9. The first-order valence-corrected chi connectivity index (χ1v) is 8.23. The van der Waals surface area contributed by atoms with E-state index >= 15 is 0 Å². The molecule has 0 N–H and O–H groups in total. The van der Waals surface area contributed by atoms with Crippen LogP contribution in [0.4, 0.5) is 8.78 Å². The van der Waals surface area contributed by atoms with E-state index in [4.69, 9.17) is 0 Å². The van der Waals surface area contributed by atoms with E-state index < -0.39 is 17.5 Å². The van der Waals surface area contributed by atoms with Crippen LogP contribution in [0.1, 0.15) is 22.8 Å². The van der Waals surface area contributed by atoms with E-state index in [1.807, 2.05) is 6.07 Å². The van der Waals surface area contributed by atoms with Crippen LogP contribution in [-0.2, 0) is 7.05 Å². The number of halogens is 2. The highest BCUT2D eigenvalue weighted by atomic mass is 19.1. The number of imidazole rings is 1. The number of aromatic nitrogens is 3. The van der Waals surface area contributed by atoms with Crippen molar-refractivity contribution in [3.05, 3.63) is 64.2 Å². The van der Waals surface area contributed by atoms with Gasteiger partial charge in [-0.15, -0.1) is 0 Å². The average Bonchev–Trinajstić information content (AvgIpc) is 3.19. The SMILES string of the molecule is Cn1c(=O)n([C@@H]2CCN(C(=O)c3ccc(F)cc3F)C2)c2ncccc21. The van der Waals surface area contributed by atoms with Gasteiger partial charge in [0.15, 0.2) is 5.65 Å². The topological polar surface area (TPSA) is 60.1 Å². The molecular weight excluding hydrogens is 342 g/mol. The van der Waals surface area contributed by atoms with Crippen molar-refractivity contribution in [3.8, 4) is 0 Å². The second-order valence-corrected chi connectivity index (χ2v) is 6.38. The molecule has 0 aliphatic carbocycles. The number of carbonyl (C=O) groups is 1. The number of aryl methyl sites for hydroxylation is 1. The van der Waals surface area contributed by atoms with Gasteiger partial charge in [-0.3, -0.25) is 13.9 Å². The molecule has 1 aromatic carbocycles. The molecule has 1 aliphatic heterocycles. The van der Waals surface area contributed by atoms with Gasteiger partial charge in [-0.25, -0.2) is 18.6 Å².